The largest absolute Gasteiger partial charge is 0.504 e. The van der Waals surface area contributed by atoms with Crippen LogP contribution in [-0.4, -0.2) is 21.1 Å². The normalized spacial score (nSPS) is 10.9. The van der Waals surface area contributed by atoms with Gasteiger partial charge in [0.15, 0.2) is 16.5 Å². The van der Waals surface area contributed by atoms with E-state index in [1.54, 1.807) is 13.1 Å². The molecule has 24 heavy (non-hydrogen) atoms. The van der Waals surface area contributed by atoms with E-state index < -0.39 is 11.4 Å². The number of benzene rings is 1. The summed E-state index contributed by atoms with van der Waals surface area (Å²) < 4.78 is 5.08. The van der Waals surface area contributed by atoms with Crippen LogP contribution in [0, 0.1) is 13.8 Å². The quantitative estimate of drug-likeness (QED) is 0.496. The number of carbonyl (C=O) groups excluding carboxylic acids is 1. The minimum atomic E-state index is -0.730. The molecule has 0 bridgehead atoms. The van der Waals surface area contributed by atoms with Crippen LogP contribution in [0.5, 0.6) is 11.5 Å². The molecular weight excluding hydrogens is 332 g/mol. The van der Waals surface area contributed by atoms with Gasteiger partial charge in [-0.15, -0.1) is 11.3 Å². The Labute approximate surface area is 140 Å². The summed E-state index contributed by atoms with van der Waals surface area (Å²) in [6.45, 7) is 3.53. The molecule has 7 nitrogen and oxygen atoms in total. The Balaban J connectivity index is 1.96. The van der Waals surface area contributed by atoms with Crippen LogP contribution >= 0.6 is 11.3 Å². The van der Waals surface area contributed by atoms with Crippen molar-refractivity contribution in [2.45, 2.75) is 20.3 Å². The second-order valence-corrected chi connectivity index (χ2v) is 6.54. The first-order valence-corrected chi connectivity index (χ1v) is 7.88. The first kappa shape index (κ1) is 16.0. The number of aromatic nitrogens is 1. The van der Waals surface area contributed by atoms with E-state index in [1.165, 1.54) is 23.5 Å². The zero-order chi connectivity index (χ0) is 17.4. The Morgan fingerprint density at radius 3 is 2.75 bits per heavy atom. The van der Waals surface area contributed by atoms with Crippen LogP contribution < -0.4 is 10.9 Å². The number of hydrogen-bond donors (Lipinski definition) is 3. The van der Waals surface area contributed by atoms with Crippen LogP contribution in [0.15, 0.2) is 27.5 Å². The summed E-state index contributed by atoms with van der Waals surface area (Å²) in [4.78, 5) is 29.3. The number of thiazole rings is 1. The third kappa shape index (κ3) is 2.83. The summed E-state index contributed by atoms with van der Waals surface area (Å²) >= 11 is 1.34. The first-order valence-electron chi connectivity index (χ1n) is 7.06. The number of nitrogens with zero attached hydrogens (tertiary/aromatic N) is 1. The number of phenolic OH excluding ortho intramolecular Hbond substituents is 2. The fourth-order valence-corrected chi connectivity index (χ4v) is 3.05. The lowest BCUT2D eigenvalue weighted by atomic mass is 10.0. The van der Waals surface area contributed by atoms with Crippen LogP contribution in [0.2, 0.25) is 0 Å². The summed E-state index contributed by atoms with van der Waals surface area (Å²) in [5.74, 6) is -1.27. The van der Waals surface area contributed by atoms with Crippen molar-refractivity contribution in [2.75, 3.05) is 5.32 Å². The van der Waals surface area contributed by atoms with Gasteiger partial charge in [-0.05, 0) is 31.5 Å². The average Bonchev–Trinajstić information content (AvgIpc) is 2.93. The molecular formula is C16H14N2O5S. The molecule has 3 N–H and O–H groups in total. The second kappa shape index (κ2) is 5.97. The zero-order valence-electron chi connectivity index (χ0n) is 12.9. The van der Waals surface area contributed by atoms with Gasteiger partial charge in [0.1, 0.15) is 0 Å². The van der Waals surface area contributed by atoms with Gasteiger partial charge in [0.05, 0.1) is 12.0 Å². The molecule has 1 amide bonds. The number of nitrogens with one attached hydrogen (secondary N) is 1. The van der Waals surface area contributed by atoms with Crippen molar-refractivity contribution in [2.24, 2.45) is 0 Å². The summed E-state index contributed by atoms with van der Waals surface area (Å²) in [5.41, 5.74) is -0.121. The number of anilines is 1. The van der Waals surface area contributed by atoms with E-state index in [9.17, 15) is 19.8 Å². The maximum Gasteiger partial charge on any atom is 0.340 e. The van der Waals surface area contributed by atoms with Crippen molar-refractivity contribution >= 4 is 33.3 Å². The minimum absolute atomic E-state index is 0.0998. The lowest BCUT2D eigenvalue weighted by molar-refractivity contribution is -0.115. The number of amides is 1. The highest BCUT2D eigenvalue weighted by Gasteiger charge is 2.18. The van der Waals surface area contributed by atoms with Crippen molar-refractivity contribution in [3.63, 3.8) is 0 Å². The van der Waals surface area contributed by atoms with Crippen LogP contribution in [0.3, 0.4) is 0 Å². The Hall–Kier alpha value is -2.87. The highest BCUT2D eigenvalue weighted by atomic mass is 32.1. The van der Waals surface area contributed by atoms with Crippen molar-refractivity contribution in [3.05, 3.63) is 44.8 Å². The fraction of sp³-hybridized carbons (Fsp3) is 0.188. The van der Waals surface area contributed by atoms with E-state index in [0.29, 0.717) is 16.1 Å². The number of carbonyl (C=O) groups is 1. The molecule has 0 aliphatic heterocycles. The van der Waals surface area contributed by atoms with Crippen molar-refractivity contribution in [1.29, 1.82) is 0 Å². The predicted molar refractivity (Wildman–Crippen MR) is 89.7 cm³/mol. The van der Waals surface area contributed by atoms with E-state index in [0.717, 1.165) is 4.88 Å². The predicted octanol–water partition coefficient (Wildman–Crippen LogP) is 2.46. The average molecular weight is 346 g/mol. The molecule has 1 aromatic carbocycles. The maximum absolute atomic E-state index is 12.2. The lowest BCUT2D eigenvalue weighted by Crippen LogP contribution is -2.20. The van der Waals surface area contributed by atoms with Crippen LogP contribution in [0.25, 0.3) is 11.0 Å². The monoisotopic (exact) mass is 346 g/mol. The second-order valence-electron chi connectivity index (χ2n) is 5.30. The number of aromatic hydroxyl groups is 2. The maximum atomic E-state index is 12.2. The van der Waals surface area contributed by atoms with Crippen molar-refractivity contribution in [1.82, 2.24) is 4.98 Å². The number of fused-ring (bicyclic) bond motifs is 1. The smallest absolute Gasteiger partial charge is 0.340 e. The highest BCUT2D eigenvalue weighted by Crippen LogP contribution is 2.34. The molecule has 0 unspecified atom stereocenters. The van der Waals surface area contributed by atoms with E-state index in [4.69, 9.17) is 4.42 Å². The molecule has 0 saturated heterocycles. The lowest BCUT2D eigenvalue weighted by Gasteiger charge is -2.09. The van der Waals surface area contributed by atoms with Crippen molar-refractivity contribution in [3.8, 4) is 11.5 Å². The van der Waals surface area contributed by atoms with E-state index in [1.807, 2.05) is 6.92 Å². The third-order valence-electron chi connectivity index (χ3n) is 3.61. The Kier molecular flexibility index (Phi) is 3.98. The molecule has 0 aliphatic rings. The summed E-state index contributed by atoms with van der Waals surface area (Å²) in [7, 11) is 0. The van der Waals surface area contributed by atoms with E-state index in [-0.39, 0.29) is 29.2 Å². The molecule has 3 aromatic rings. The molecule has 0 radical (unpaired) electrons. The topological polar surface area (TPSA) is 113 Å². The highest BCUT2D eigenvalue weighted by molar-refractivity contribution is 7.15. The molecule has 3 rings (SSSR count). The molecule has 0 fully saturated rings. The zero-order valence-corrected chi connectivity index (χ0v) is 13.7. The van der Waals surface area contributed by atoms with E-state index in [2.05, 4.69) is 10.3 Å². The van der Waals surface area contributed by atoms with Gasteiger partial charge in [0.25, 0.3) is 0 Å². The molecule has 0 spiro atoms. The summed E-state index contributed by atoms with van der Waals surface area (Å²) in [6, 6.07) is 2.82. The van der Waals surface area contributed by atoms with Gasteiger partial charge in [-0.3, -0.25) is 4.79 Å². The first-order chi connectivity index (χ1) is 11.4. The summed E-state index contributed by atoms with van der Waals surface area (Å²) in [6.07, 6.45) is 1.47. The molecule has 0 saturated carbocycles. The minimum Gasteiger partial charge on any atom is -0.504 e. The van der Waals surface area contributed by atoms with Crippen LogP contribution in [0.4, 0.5) is 5.13 Å². The van der Waals surface area contributed by atoms with Gasteiger partial charge in [-0.25, -0.2) is 9.78 Å². The van der Waals surface area contributed by atoms with Crippen LogP contribution in [-0.2, 0) is 11.2 Å². The summed E-state index contributed by atoms with van der Waals surface area (Å²) in [5, 5.41) is 22.9. The van der Waals surface area contributed by atoms with Gasteiger partial charge in [0, 0.05) is 16.5 Å². The molecule has 0 aliphatic carbocycles. The number of hydrogen-bond acceptors (Lipinski definition) is 7. The molecule has 124 valence electrons. The Bertz CT molecular complexity index is 1010. The Morgan fingerprint density at radius 1 is 1.33 bits per heavy atom. The SMILES string of the molecule is Cc1cnc(NC(=O)Cc2c(C)c3ccc(O)c(O)c3oc2=O)s1. The van der Waals surface area contributed by atoms with Crippen molar-refractivity contribution < 1.29 is 19.4 Å². The van der Waals surface area contributed by atoms with Gasteiger partial charge in [0.2, 0.25) is 11.7 Å². The molecule has 8 heteroatoms. The fourth-order valence-electron chi connectivity index (χ4n) is 2.37. The standard InChI is InChI=1S/C16H14N2O5S/c1-7-6-17-16(24-7)18-12(20)5-10-8(2)9-3-4-11(19)13(21)14(9)23-15(10)22/h3-4,6,19,21H,5H2,1-2H3,(H,17,18,20). The van der Waals surface area contributed by atoms with Gasteiger partial charge in [-0.2, -0.15) is 0 Å². The van der Waals surface area contributed by atoms with Gasteiger partial charge in [-0.1, -0.05) is 0 Å². The van der Waals surface area contributed by atoms with Crippen LogP contribution in [0.1, 0.15) is 16.0 Å². The molecule has 2 aromatic heterocycles. The number of rotatable bonds is 3. The Morgan fingerprint density at radius 2 is 2.08 bits per heavy atom. The van der Waals surface area contributed by atoms with Gasteiger partial charge >= 0.3 is 5.63 Å². The number of phenols is 2. The molecule has 2 heterocycles. The van der Waals surface area contributed by atoms with Gasteiger partial charge < -0.3 is 19.9 Å². The third-order valence-corrected chi connectivity index (χ3v) is 4.44. The number of aryl methyl sites for hydroxylation is 2. The molecule has 0 atom stereocenters. The van der Waals surface area contributed by atoms with E-state index >= 15 is 0 Å².